The Morgan fingerprint density at radius 3 is 2.25 bits per heavy atom. The monoisotopic (exact) mass is 379 g/mol. The van der Waals surface area contributed by atoms with Crippen molar-refractivity contribution in [3.8, 4) is 5.75 Å². The summed E-state index contributed by atoms with van der Waals surface area (Å²) in [6, 6.07) is 22.2. The summed E-state index contributed by atoms with van der Waals surface area (Å²) in [5.41, 5.74) is 2.16. The van der Waals surface area contributed by atoms with Crippen LogP contribution >= 0.6 is 0 Å². The van der Waals surface area contributed by atoms with Gasteiger partial charge in [-0.3, -0.25) is 4.79 Å². The third-order valence-corrected chi connectivity index (χ3v) is 4.22. The number of ketones is 1. The van der Waals surface area contributed by atoms with Gasteiger partial charge in [0.05, 0.1) is 0 Å². The molecule has 3 aromatic carbocycles. The number of aliphatic hydroxyl groups is 1. The van der Waals surface area contributed by atoms with E-state index in [4.69, 9.17) is 4.74 Å². The van der Waals surface area contributed by atoms with Crippen LogP contribution in [0.5, 0.6) is 5.75 Å². The fourth-order valence-corrected chi connectivity index (χ4v) is 2.70. The van der Waals surface area contributed by atoms with Gasteiger partial charge >= 0.3 is 0 Å². The molecule has 0 amide bonds. The number of hydrogen-bond donors (Lipinski definition) is 2. The minimum absolute atomic E-state index is 0.0443. The number of hydrogen-bond acceptors (Lipinski definition) is 4. The highest BCUT2D eigenvalue weighted by atomic mass is 19.1. The summed E-state index contributed by atoms with van der Waals surface area (Å²) in [5, 5.41) is 13.1. The fourth-order valence-electron chi connectivity index (χ4n) is 2.70. The molecule has 0 spiro atoms. The minimum atomic E-state index is -0.689. The standard InChI is InChI=1S/C23H22FNO3/c24-20-10-6-17(7-11-20)14-25-15-21(26)16-28-22-12-8-19(9-13-22)23(27)18-4-2-1-3-5-18/h1-13,21,25-26H,14-16H2/t21-/m0/s1. The lowest BCUT2D eigenvalue weighted by molar-refractivity contribution is 0.103. The van der Waals surface area contributed by atoms with Crippen LogP contribution in [-0.4, -0.2) is 30.1 Å². The van der Waals surface area contributed by atoms with E-state index in [9.17, 15) is 14.3 Å². The largest absolute Gasteiger partial charge is 0.491 e. The van der Waals surface area contributed by atoms with Gasteiger partial charge in [0.1, 0.15) is 24.3 Å². The summed E-state index contributed by atoms with van der Waals surface area (Å²) in [6.07, 6.45) is -0.689. The van der Waals surface area contributed by atoms with E-state index >= 15 is 0 Å². The molecule has 0 saturated carbocycles. The van der Waals surface area contributed by atoms with E-state index in [1.54, 1.807) is 48.5 Å². The molecular formula is C23H22FNO3. The van der Waals surface area contributed by atoms with Crippen molar-refractivity contribution in [1.29, 1.82) is 0 Å². The smallest absolute Gasteiger partial charge is 0.193 e. The summed E-state index contributed by atoms with van der Waals surface area (Å²) >= 11 is 0. The second kappa shape index (κ2) is 9.78. The van der Waals surface area contributed by atoms with E-state index in [1.165, 1.54) is 12.1 Å². The molecule has 0 bridgehead atoms. The highest BCUT2D eigenvalue weighted by Crippen LogP contribution is 2.15. The molecule has 3 rings (SSSR count). The van der Waals surface area contributed by atoms with Crippen LogP contribution in [-0.2, 0) is 6.54 Å². The summed E-state index contributed by atoms with van der Waals surface area (Å²) in [7, 11) is 0. The predicted molar refractivity (Wildman–Crippen MR) is 106 cm³/mol. The van der Waals surface area contributed by atoms with Crippen LogP contribution in [0, 0.1) is 5.82 Å². The normalized spacial score (nSPS) is 11.8. The molecule has 2 N–H and O–H groups in total. The van der Waals surface area contributed by atoms with Crippen molar-refractivity contribution in [1.82, 2.24) is 5.32 Å². The van der Waals surface area contributed by atoms with Crippen LogP contribution < -0.4 is 10.1 Å². The van der Waals surface area contributed by atoms with Crippen LogP contribution in [0.15, 0.2) is 78.9 Å². The Hall–Kier alpha value is -3.02. The molecule has 4 nitrogen and oxygen atoms in total. The van der Waals surface area contributed by atoms with E-state index < -0.39 is 6.10 Å². The average Bonchev–Trinajstić information content (AvgIpc) is 2.74. The Balaban J connectivity index is 1.42. The number of carbonyl (C=O) groups is 1. The van der Waals surface area contributed by atoms with E-state index in [0.717, 1.165) is 5.56 Å². The Bertz CT molecular complexity index is 880. The lowest BCUT2D eigenvalue weighted by Crippen LogP contribution is -2.31. The van der Waals surface area contributed by atoms with Gasteiger partial charge in [-0.25, -0.2) is 4.39 Å². The molecule has 144 valence electrons. The second-order valence-corrected chi connectivity index (χ2v) is 6.44. The van der Waals surface area contributed by atoms with Gasteiger partial charge in [0.15, 0.2) is 5.78 Å². The SMILES string of the molecule is O=C(c1ccccc1)c1ccc(OC[C@@H](O)CNCc2ccc(F)cc2)cc1. The quantitative estimate of drug-likeness (QED) is 0.558. The maximum absolute atomic E-state index is 12.9. The van der Waals surface area contributed by atoms with E-state index in [2.05, 4.69) is 5.32 Å². The number of ether oxygens (including phenoxy) is 1. The summed E-state index contributed by atoms with van der Waals surface area (Å²) in [5.74, 6) is 0.271. The zero-order chi connectivity index (χ0) is 19.8. The first-order valence-corrected chi connectivity index (χ1v) is 9.07. The Morgan fingerprint density at radius 1 is 0.929 bits per heavy atom. The van der Waals surface area contributed by atoms with E-state index in [1.807, 2.05) is 18.2 Å². The first-order chi connectivity index (χ1) is 13.6. The van der Waals surface area contributed by atoms with Crippen LogP contribution in [0.2, 0.25) is 0 Å². The molecular weight excluding hydrogens is 357 g/mol. The van der Waals surface area contributed by atoms with Crippen molar-refractivity contribution in [2.45, 2.75) is 12.6 Å². The fraction of sp³-hybridized carbons (Fsp3) is 0.174. The predicted octanol–water partition coefficient (Wildman–Crippen LogP) is 3.59. The number of nitrogens with one attached hydrogen (secondary N) is 1. The molecule has 0 fully saturated rings. The first-order valence-electron chi connectivity index (χ1n) is 9.07. The van der Waals surface area contributed by atoms with Crippen molar-refractivity contribution in [2.75, 3.05) is 13.2 Å². The summed E-state index contributed by atoms with van der Waals surface area (Å²) < 4.78 is 18.4. The first kappa shape index (κ1) is 19.7. The lowest BCUT2D eigenvalue weighted by atomic mass is 10.0. The number of aliphatic hydroxyl groups excluding tert-OH is 1. The van der Waals surface area contributed by atoms with Gasteiger partial charge in [-0.2, -0.15) is 0 Å². The van der Waals surface area contributed by atoms with Crippen molar-refractivity contribution in [3.63, 3.8) is 0 Å². The molecule has 0 aliphatic rings. The maximum atomic E-state index is 12.9. The van der Waals surface area contributed by atoms with E-state index in [-0.39, 0.29) is 18.2 Å². The zero-order valence-corrected chi connectivity index (χ0v) is 15.3. The molecule has 0 unspecified atom stereocenters. The van der Waals surface area contributed by atoms with Gasteiger partial charge in [0, 0.05) is 24.2 Å². The van der Waals surface area contributed by atoms with Crippen LogP contribution in [0.1, 0.15) is 21.5 Å². The number of halogens is 1. The van der Waals surface area contributed by atoms with Gasteiger partial charge in [0.25, 0.3) is 0 Å². The molecule has 0 saturated heterocycles. The highest BCUT2D eigenvalue weighted by Gasteiger charge is 2.09. The van der Waals surface area contributed by atoms with Gasteiger partial charge < -0.3 is 15.2 Å². The Kier molecular flexibility index (Phi) is 6.89. The van der Waals surface area contributed by atoms with Gasteiger partial charge in [-0.15, -0.1) is 0 Å². The van der Waals surface area contributed by atoms with Crippen LogP contribution in [0.4, 0.5) is 4.39 Å². The van der Waals surface area contributed by atoms with Crippen molar-refractivity contribution < 1.29 is 19.0 Å². The molecule has 1 atom stereocenters. The molecule has 0 aromatic heterocycles. The minimum Gasteiger partial charge on any atom is -0.491 e. The van der Waals surface area contributed by atoms with Crippen molar-refractivity contribution in [3.05, 3.63) is 101 Å². The average molecular weight is 379 g/mol. The number of carbonyl (C=O) groups excluding carboxylic acids is 1. The molecule has 28 heavy (non-hydrogen) atoms. The number of benzene rings is 3. The summed E-state index contributed by atoms with van der Waals surface area (Å²) in [4.78, 5) is 12.4. The molecule has 3 aromatic rings. The Labute approximate surface area is 163 Å². The third kappa shape index (κ3) is 5.74. The second-order valence-electron chi connectivity index (χ2n) is 6.44. The van der Waals surface area contributed by atoms with Gasteiger partial charge in [0.2, 0.25) is 0 Å². The highest BCUT2D eigenvalue weighted by molar-refractivity contribution is 6.08. The number of rotatable bonds is 9. The van der Waals surface area contributed by atoms with Gasteiger partial charge in [-0.1, -0.05) is 42.5 Å². The van der Waals surface area contributed by atoms with Gasteiger partial charge in [-0.05, 0) is 42.0 Å². The zero-order valence-electron chi connectivity index (χ0n) is 15.3. The topological polar surface area (TPSA) is 58.6 Å². The molecule has 5 heteroatoms. The molecule has 0 aliphatic carbocycles. The van der Waals surface area contributed by atoms with Crippen molar-refractivity contribution in [2.24, 2.45) is 0 Å². The third-order valence-electron chi connectivity index (χ3n) is 4.22. The Morgan fingerprint density at radius 2 is 1.57 bits per heavy atom. The molecule has 0 heterocycles. The van der Waals surface area contributed by atoms with Crippen LogP contribution in [0.3, 0.4) is 0 Å². The van der Waals surface area contributed by atoms with Crippen molar-refractivity contribution >= 4 is 5.78 Å². The van der Waals surface area contributed by atoms with E-state index in [0.29, 0.717) is 30.0 Å². The molecule has 0 radical (unpaired) electrons. The summed E-state index contributed by atoms with van der Waals surface area (Å²) in [6.45, 7) is 1.01. The maximum Gasteiger partial charge on any atom is 0.193 e. The van der Waals surface area contributed by atoms with Crippen LogP contribution in [0.25, 0.3) is 0 Å². The molecule has 0 aliphatic heterocycles. The lowest BCUT2D eigenvalue weighted by Gasteiger charge is -2.13.